The summed E-state index contributed by atoms with van der Waals surface area (Å²) in [5.41, 5.74) is 5.32. The van der Waals surface area contributed by atoms with Gasteiger partial charge in [0.05, 0.1) is 24.7 Å². The third kappa shape index (κ3) is 4.63. The van der Waals surface area contributed by atoms with Gasteiger partial charge >= 0.3 is 7.82 Å². The topological polar surface area (TPSA) is 151 Å². The van der Waals surface area contributed by atoms with Crippen molar-refractivity contribution < 1.29 is 33.1 Å². The molecule has 0 amide bonds. The molecule has 2 aliphatic rings. The normalized spacial score (nSPS) is 33.4. The summed E-state index contributed by atoms with van der Waals surface area (Å²) in [5.74, 6) is 0.275. The quantitative estimate of drug-likeness (QED) is 0.375. The Morgan fingerprint density at radius 3 is 3.00 bits per heavy atom. The van der Waals surface area contributed by atoms with Crippen molar-refractivity contribution in [3.05, 3.63) is 51.8 Å². The molecule has 2 aromatic heterocycles. The second kappa shape index (κ2) is 9.37. The van der Waals surface area contributed by atoms with Crippen LogP contribution in [-0.2, 0) is 22.9 Å². The molecule has 14 heteroatoms. The molecule has 4 heterocycles. The Morgan fingerprint density at radius 1 is 1.40 bits per heavy atom. The number of phosphoric acid groups is 1. The van der Waals surface area contributed by atoms with Crippen LogP contribution in [0.15, 0.2) is 41.3 Å². The molecule has 1 unspecified atom stereocenters. The lowest BCUT2D eigenvalue weighted by Gasteiger charge is -2.30. The zero-order valence-corrected chi connectivity index (χ0v) is 21.7. The summed E-state index contributed by atoms with van der Waals surface area (Å²) in [6.45, 7) is 1.21. The average Bonchev–Trinajstić information content (AvgIpc) is 3.34. The number of anilines is 1. The van der Waals surface area contributed by atoms with Gasteiger partial charge in [0, 0.05) is 22.1 Å². The molecule has 1 aromatic carbocycles. The zero-order chi connectivity index (χ0) is 25.0. The van der Waals surface area contributed by atoms with Crippen LogP contribution in [0.3, 0.4) is 0 Å². The van der Waals surface area contributed by atoms with E-state index in [0.717, 1.165) is 4.47 Å². The van der Waals surface area contributed by atoms with E-state index in [1.165, 1.54) is 13.3 Å². The number of ether oxygens (including phenoxy) is 1. The molecule has 35 heavy (non-hydrogen) atoms. The number of aromatic nitrogens is 3. The van der Waals surface area contributed by atoms with E-state index in [2.05, 4.69) is 25.9 Å². The van der Waals surface area contributed by atoms with Crippen LogP contribution in [0.2, 0.25) is 5.02 Å². The Hall–Kier alpha value is -1.60. The fourth-order valence-electron chi connectivity index (χ4n) is 4.27. The molecule has 6 atom stereocenters. The minimum atomic E-state index is -4.00. The number of aliphatic hydroxyl groups excluding tert-OH is 1. The molecule has 5 rings (SSSR count). The summed E-state index contributed by atoms with van der Waals surface area (Å²) >= 11 is 9.56. The van der Waals surface area contributed by atoms with Crippen molar-refractivity contribution in [2.45, 2.75) is 43.5 Å². The second-order valence-corrected chi connectivity index (χ2v) is 11.5. The Balaban J connectivity index is 1.32. The molecule has 2 saturated heterocycles. The lowest BCUT2D eigenvalue weighted by molar-refractivity contribution is -0.0950. The van der Waals surface area contributed by atoms with E-state index in [1.807, 2.05) is 0 Å². The molecular weight excluding hydrogens is 567 g/mol. The van der Waals surface area contributed by atoms with Crippen molar-refractivity contribution in [1.29, 1.82) is 0 Å². The summed E-state index contributed by atoms with van der Waals surface area (Å²) in [4.78, 5) is 8.17. The lowest BCUT2D eigenvalue weighted by Crippen LogP contribution is -2.44. The summed E-state index contributed by atoms with van der Waals surface area (Å²) in [6.07, 6.45) is -0.648. The number of rotatable bonds is 5. The number of nitrogen functional groups attached to an aromatic ring is 1. The SMILES string of the molecule is C[C@@]1(O)[C@H](O)[C@@H](COP2(=O)OCC[C@@H](c3cc(Cl)ccc3Br)O2)O[C@H]1n1ccc2c(N)ncnc21. The smallest absolute Gasteiger partial charge is 0.387 e. The van der Waals surface area contributed by atoms with Crippen molar-refractivity contribution >= 4 is 52.2 Å². The number of benzene rings is 1. The van der Waals surface area contributed by atoms with Gasteiger partial charge in [0.25, 0.3) is 0 Å². The van der Waals surface area contributed by atoms with E-state index in [-0.39, 0.29) is 19.0 Å². The van der Waals surface area contributed by atoms with E-state index < -0.39 is 38.0 Å². The largest absolute Gasteiger partial charge is 0.475 e. The fourth-order valence-corrected chi connectivity index (χ4v) is 6.34. The molecular formula is C21H23BrClN4O7P. The number of halogens is 2. The van der Waals surface area contributed by atoms with Crippen molar-refractivity contribution in [2.24, 2.45) is 0 Å². The molecule has 0 aliphatic carbocycles. The first-order chi connectivity index (χ1) is 16.6. The third-order valence-electron chi connectivity index (χ3n) is 6.13. The van der Waals surface area contributed by atoms with Gasteiger partial charge in [0.15, 0.2) is 6.23 Å². The molecule has 0 radical (unpaired) electrons. The molecule has 11 nitrogen and oxygen atoms in total. The van der Waals surface area contributed by atoms with Crippen molar-refractivity contribution in [3.63, 3.8) is 0 Å². The van der Waals surface area contributed by atoms with Crippen LogP contribution >= 0.6 is 35.4 Å². The number of hydrogen-bond acceptors (Lipinski definition) is 10. The van der Waals surface area contributed by atoms with Gasteiger partial charge in [-0.2, -0.15) is 0 Å². The first-order valence-corrected chi connectivity index (χ1v) is 13.4. The summed E-state index contributed by atoms with van der Waals surface area (Å²) in [7, 11) is -4.00. The highest BCUT2D eigenvalue weighted by Crippen LogP contribution is 2.58. The van der Waals surface area contributed by atoms with Crippen LogP contribution in [0.4, 0.5) is 5.82 Å². The first kappa shape index (κ1) is 25.1. The van der Waals surface area contributed by atoms with Gasteiger partial charge in [0.2, 0.25) is 0 Å². The van der Waals surface area contributed by atoms with Gasteiger partial charge in [-0.1, -0.05) is 27.5 Å². The number of fused-ring (bicyclic) bond motifs is 1. The average molecular weight is 590 g/mol. The van der Waals surface area contributed by atoms with E-state index >= 15 is 0 Å². The van der Waals surface area contributed by atoms with Crippen LogP contribution in [-0.4, -0.2) is 55.8 Å². The monoisotopic (exact) mass is 588 g/mol. The number of hydrogen-bond donors (Lipinski definition) is 3. The van der Waals surface area contributed by atoms with Crippen molar-refractivity contribution in [1.82, 2.24) is 14.5 Å². The van der Waals surface area contributed by atoms with Crippen LogP contribution < -0.4 is 5.73 Å². The van der Waals surface area contributed by atoms with Gasteiger partial charge in [-0.25, -0.2) is 14.5 Å². The van der Waals surface area contributed by atoms with E-state index in [0.29, 0.717) is 28.0 Å². The first-order valence-electron chi connectivity index (χ1n) is 10.7. The maximum atomic E-state index is 13.2. The fraction of sp³-hybridized carbons (Fsp3) is 0.429. The van der Waals surface area contributed by atoms with Crippen molar-refractivity contribution in [3.8, 4) is 0 Å². The molecule has 188 valence electrons. The Morgan fingerprint density at radius 2 is 2.20 bits per heavy atom. The molecule has 3 aromatic rings. The van der Waals surface area contributed by atoms with Gasteiger partial charge in [-0.05, 0) is 36.8 Å². The maximum Gasteiger partial charge on any atom is 0.475 e. The van der Waals surface area contributed by atoms with Gasteiger partial charge < -0.3 is 25.3 Å². The highest BCUT2D eigenvalue weighted by Gasteiger charge is 2.54. The minimum absolute atomic E-state index is 0.131. The van der Waals surface area contributed by atoms with E-state index in [1.54, 1.807) is 35.0 Å². The molecule has 4 N–H and O–H groups in total. The molecule has 0 bridgehead atoms. The second-order valence-electron chi connectivity index (χ2n) is 8.54. The van der Waals surface area contributed by atoms with E-state index in [4.69, 9.17) is 35.6 Å². The van der Waals surface area contributed by atoms with Crippen LogP contribution in [0, 0.1) is 0 Å². The van der Waals surface area contributed by atoms with Crippen LogP contribution in [0.5, 0.6) is 0 Å². The summed E-state index contributed by atoms with van der Waals surface area (Å²) in [5, 5.41) is 23.0. The van der Waals surface area contributed by atoms with Gasteiger partial charge in [0.1, 0.15) is 35.6 Å². The molecule has 0 saturated carbocycles. The Kier molecular flexibility index (Phi) is 6.71. The molecule has 2 fully saturated rings. The Bertz CT molecular complexity index is 1310. The number of phosphoric ester groups is 1. The maximum absolute atomic E-state index is 13.2. The van der Waals surface area contributed by atoms with Gasteiger partial charge in [-0.15, -0.1) is 0 Å². The third-order valence-corrected chi connectivity index (χ3v) is 8.57. The highest BCUT2D eigenvalue weighted by atomic mass is 79.9. The minimum Gasteiger partial charge on any atom is -0.387 e. The number of aliphatic hydroxyl groups is 2. The summed E-state index contributed by atoms with van der Waals surface area (Å²) in [6, 6.07) is 6.91. The summed E-state index contributed by atoms with van der Waals surface area (Å²) < 4.78 is 38.0. The number of nitrogens with two attached hydrogens (primary N) is 1. The van der Waals surface area contributed by atoms with Crippen LogP contribution in [0.25, 0.3) is 11.0 Å². The highest BCUT2D eigenvalue weighted by molar-refractivity contribution is 9.10. The predicted octanol–water partition coefficient (Wildman–Crippen LogP) is 3.74. The number of nitrogens with zero attached hydrogens (tertiary/aromatic N) is 3. The van der Waals surface area contributed by atoms with Crippen LogP contribution in [0.1, 0.15) is 31.2 Å². The molecule has 2 aliphatic heterocycles. The van der Waals surface area contributed by atoms with Gasteiger partial charge in [-0.3, -0.25) is 13.6 Å². The standard InChI is InChI=1S/C21H23BrClN4O7P/c1-21(29)17(28)16(33-20(21)27-6-4-12-18(24)25-10-26-19(12)27)9-32-35(30)31-7-5-15(34-35)13-8-11(23)2-3-14(13)22/h2-4,6,8,10,15-17,20,28-29H,5,7,9H2,1H3,(H2,24,25,26)/t15-,16+,17+,20+,21+,35?/m0/s1. The van der Waals surface area contributed by atoms with Crippen molar-refractivity contribution in [2.75, 3.05) is 18.9 Å². The predicted molar refractivity (Wildman–Crippen MR) is 130 cm³/mol. The van der Waals surface area contributed by atoms with E-state index in [9.17, 15) is 14.8 Å². The Labute approximate surface area is 213 Å². The zero-order valence-electron chi connectivity index (χ0n) is 18.5. The lowest BCUT2D eigenvalue weighted by atomic mass is 9.96. The molecule has 0 spiro atoms.